The molecule has 0 amide bonds. The molecule has 0 spiro atoms. The van der Waals surface area contributed by atoms with Crippen molar-refractivity contribution in [1.82, 2.24) is 4.98 Å². The maximum absolute atomic E-state index is 7.86. The molecule has 0 aromatic carbocycles. The summed E-state index contributed by atoms with van der Waals surface area (Å²) >= 11 is 0. The first-order chi connectivity index (χ1) is 8.69. The number of aromatic nitrogens is 1. The highest BCUT2D eigenvalue weighted by Crippen LogP contribution is 2.07. The third-order valence-electron chi connectivity index (χ3n) is 2.08. The van der Waals surface area contributed by atoms with Crippen LogP contribution in [0.1, 0.15) is 12.5 Å². The lowest BCUT2D eigenvalue weighted by atomic mass is 10.1. The smallest absolute Gasteiger partial charge is 0.133 e. The molecule has 3 heteroatoms. The van der Waals surface area contributed by atoms with E-state index in [-0.39, 0.29) is 5.71 Å². The molecule has 0 aliphatic heterocycles. The minimum absolute atomic E-state index is 0.153. The lowest BCUT2D eigenvalue weighted by Gasteiger charge is -1.99. The minimum Gasteiger partial charge on any atom is -0.383 e. The molecule has 0 atom stereocenters. The molecule has 0 saturated carbocycles. The molecule has 1 heterocycles. The van der Waals surface area contributed by atoms with Crippen molar-refractivity contribution in [2.24, 2.45) is 0 Å². The Hall–Kier alpha value is -2.60. The van der Waals surface area contributed by atoms with Crippen LogP contribution in [0.15, 0.2) is 54.8 Å². The fraction of sp³-hybridized carbons (Fsp3) is 0.0667. The van der Waals surface area contributed by atoms with Crippen LogP contribution in [0.3, 0.4) is 0 Å². The van der Waals surface area contributed by atoms with Crippen molar-refractivity contribution < 1.29 is 0 Å². The summed E-state index contributed by atoms with van der Waals surface area (Å²) in [5.74, 6) is 5.96. The summed E-state index contributed by atoms with van der Waals surface area (Å²) in [7, 11) is 0. The monoisotopic (exact) mass is 237 g/mol. The van der Waals surface area contributed by atoms with Crippen LogP contribution in [-0.2, 0) is 0 Å². The highest BCUT2D eigenvalue weighted by molar-refractivity contribution is 6.13. The number of allylic oxidation sites excluding steroid dienone is 5. The van der Waals surface area contributed by atoms with Gasteiger partial charge >= 0.3 is 0 Å². The predicted molar refractivity (Wildman–Crippen MR) is 76.3 cm³/mol. The number of nitrogens with two attached hydrogens (primary N) is 1. The summed E-state index contributed by atoms with van der Waals surface area (Å²) in [4.78, 5) is 3.92. The third kappa shape index (κ3) is 3.76. The number of nitrogens with one attached hydrogen (secondary N) is 1. The van der Waals surface area contributed by atoms with E-state index >= 15 is 0 Å². The fourth-order valence-corrected chi connectivity index (χ4v) is 1.28. The normalized spacial score (nSPS) is 10.8. The molecule has 0 bridgehead atoms. The molecule has 0 aliphatic rings. The number of anilines is 1. The van der Waals surface area contributed by atoms with Crippen LogP contribution < -0.4 is 5.73 Å². The van der Waals surface area contributed by atoms with Gasteiger partial charge in [0.25, 0.3) is 0 Å². The molecule has 3 N–H and O–H groups in total. The number of pyridine rings is 1. The van der Waals surface area contributed by atoms with E-state index in [1.807, 2.05) is 19.1 Å². The van der Waals surface area contributed by atoms with Gasteiger partial charge in [0.1, 0.15) is 11.5 Å². The SMILES string of the molecule is C=C/C=C(C#CC(=N)c1cccnc1N)\C=C/C. The summed E-state index contributed by atoms with van der Waals surface area (Å²) in [5.41, 5.74) is 7.17. The highest BCUT2D eigenvalue weighted by Gasteiger charge is 2.02. The molecule has 18 heavy (non-hydrogen) atoms. The Morgan fingerprint density at radius 2 is 2.28 bits per heavy atom. The molecule has 0 radical (unpaired) electrons. The summed E-state index contributed by atoms with van der Waals surface area (Å²) in [5, 5.41) is 7.86. The van der Waals surface area contributed by atoms with Crippen molar-refractivity contribution in [2.45, 2.75) is 6.92 Å². The third-order valence-corrected chi connectivity index (χ3v) is 2.08. The maximum Gasteiger partial charge on any atom is 0.133 e. The quantitative estimate of drug-likeness (QED) is 0.482. The molecule has 1 aromatic rings. The van der Waals surface area contributed by atoms with Crippen molar-refractivity contribution in [1.29, 1.82) is 5.41 Å². The van der Waals surface area contributed by atoms with E-state index in [4.69, 9.17) is 11.1 Å². The topological polar surface area (TPSA) is 62.8 Å². The number of nitrogens with zero attached hydrogens (tertiary/aromatic N) is 1. The van der Waals surface area contributed by atoms with Crippen LogP contribution in [0.5, 0.6) is 0 Å². The first-order valence-corrected chi connectivity index (χ1v) is 5.46. The Kier molecular flexibility index (Phi) is 5.14. The molecule has 0 aliphatic carbocycles. The molecular formula is C15H15N3. The highest BCUT2D eigenvalue weighted by atomic mass is 14.8. The van der Waals surface area contributed by atoms with Gasteiger partial charge in [-0.15, -0.1) is 0 Å². The van der Waals surface area contributed by atoms with Gasteiger partial charge in [-0.3, -0.25) is 5.41 Å². The molecule has 1 aromatic heterocycles. The van der Waals surface area contributed by atoms with Crippen LogP contribution in [0, 0.1) is 17.3 Å². The zero-order valence-corrected chi connectivity index (χ0v) is 10.3. The van der Waals surface area contributed by atoms with Gasteiger partial charge in [-0.1, -0.05) is 30.7 Å². The second-order valence-electron chi connectivity index (χ2n) is 3.42. The van der Waals surface area contributed by atoms with Gasteiger partial charge in [-0.2, -0.15) is 0 Å². The summed E-state index contributed by atoms with van der Waals surface area (Å²) in [6, 6.07) is 3.46. The van der Waals surface area contributed by atoms with E-state index in [1.54, 1.807) is 30.5 Å². The van der Waals surface area contributed by atoms with Crippen LogP contribution in [0.25, 0.3) is 0 Å². The van der Waals surface area contributed by atoms with Gasteiger partial charge in [0, 0.05) is 11.8 Å². The van der Waals surface area contributed by atoms with Gasteiger partial charge in [-0.05, 0) is 31.1 Å². The standard InChI is InChI=1S/C15H15N3/c1-3-6-12(7-4-2)9-10-14(16)13-8-5-11-18-15(13)17/h3-8,11,16H,1H2,2H3,(H2,17,18)/b7-4-,12-6+,16-14?. The van der Waals surface area contributed by atoms with E-state index in [0.29, 0.717) is 11.4 Å². The van der Waals surface area contributed by atoms with Crippen molar-refractivity contribution in [3.8, 4) is 11.8 Å². The van der Waals surface area contributed by atoms with E-state index in [1.165, 1.54) is 0 Å². The Morgan fingerprint density at radius 1 is 1.50 bits per heavy atom. The Bertz CT molecular complexity index is 569. The molecule has 1 rings (SSSR count). The van der Waals surface area contributed by atoms with Gasteiger partial charge in [-0.25, -0.2) is 4.98 Å². The summed E-state index contributed by atoms with van der Waals surface area (Å²) < 4.78 is 0. The molecule has 90 valence electrons. The van der Waals surface area contributed by atoms with E-state index in [9.17, 15) is 0 Å². The van der Waals surface area contributed by atoms with Crippen LogP contribution in [0.2, 0.25) is 0 Å². The largest absolute Gasteiger partial charge is 0.383 e. The van der Waals surface area contributed by atoms with Gasteiger partial charge < -0.3 is 5.73 Å². The zero-order chi connectivity index (χ0) is 13.4. The van der Waals surface area contributed by atoms with E-state index in [2.05, 4.69) is 23.4 Å². The number of rotatable bonds is 3. The predicted octanol–water partition coefficient (Wildman–Crippen LogP) is 2.72. The number of nitrogen functional groups attached to an aromatic ring is 1. The first kappa shape index (κ1) is 13.5. The maximum atomic E-state index is 7.86. The number of hydrogen-bond acceptors (Lipinski definition) is 3. The van der Waals surface area contributed by atoms with Crippen molar-refractivity contribution >= 4 is 11.5 Å². The van der Waals surface area contributed by atoms with Gasteiger partial charge in [0.05, 0.1) is 5.56 Å². The van der Waals surface area contributed by atoms with Crippen molar-refractivity contribution in [2.75, 3.05) is 5.73 Å². The minimum atomic E-state index is 0.153. The average molecular weight is 237 g/mol. The van der Waals surface area contributed by atoms with E-state index < -0.39 is 0 Å². The van der Waals surface area contributed by atoms with Crippen LogP contribution >= 0.6 is 0 Å². The Morgan fingerprint density at radius 3 is 2.89 bits per heavy atom. The van der Waals surface area contributed by atoms with Gasteiger partial charge in [0.2, 0.25) is 0 Å². The number of hydrogen-bond donors (Lipinski definition) is 2. The van der Waals surface area contributed by atoms with Crippen molar-refractivity contribution in [3.05, 3.63) is 60.3 Å². The molecular weight excluding hydrogens is 222 g/mol. The zero-order valence-electron chi connectivity index (χ0n) is 10.3. The molecule has 0 unspecified atom stereocenters. The Labute approximate surface area is 107 Å². The lowest BCUT2D eigenvalue weighted by Crippen LogP contribution is -2.02. The first-order valence-electron chi connectivity index (χ1n) is 5.46. The molecule has 0 fully saturated rings. The fourth-order valence-electron chi connectivity index (χ4n) is 1.28. The summed E-state index contributed by atoms with van der Waals surface area (Å²) in [6.07, 6.45) is 8.77. The van der Waals surface area contributed by atoms with E-state index in [0.717, 1.165) is 5.57 Å². The van der Waals surface area contributed by atoms with Crippen LogP contribution in [0.4, 0.5) is 5.82 Å². The van der Waals surface area contributed by atoms with Crippen LogP contribution in [-0.4, -0.2) is 10.7 Å². The molecule has 3 nitrogen and oxygen atoms in total. The second kappa shape index (κ2) is 6.87. The average Bonchev–Trinajstić information content (AvgIpc) is 2.36. The Balaban J connectivity index is 2.99. The second-order valence-corrected chi connectivity index (χ2v) is 3.42. The summed E-state index contributed by atoms with van der Waals surface area (Å²) in [6.45, 7) is 5.53. The van der Waals surface area contributed by atoms with Gasteiger partial charge in [0.15, 0.2) is 0 Å². The van der Waals surface area contributed by atoms with Crippen molar-refractivity contribution in [3.63, 3.8) is 0 Å². The molecule has 0 saturated heterocycles. The lowest BCUT2D eigenvalue weighted by molar-refractivity contribution is 1.32.